The van der Waals surface area contributed by atoms with Crippen molar-refractivity contribution in [3.8, 4) is 0 Å². The lowest BCUT2D eigenvalue weighted by Crippen LogP contribution is -2.43. The molecule has 0 aliphatic rings. The molecule has 0 aliphatic carbocycles. The first kappa shape index (κ1) is 10.8. The van der Waals surface area contributed by atoms with E-state index in [9.17, 15) is 9.90 Å². The molecule has 4 nitrogen and oxygen atoms in total. The van der Waals surface area contributed by atoms with E-state index in [2.05, 4.69) is 5.32 Å². The minimum absolute atomic E-state index is 0.256. The first-order valence-corrected chi connectivity index (χ1v) is 4.43. The van der Waals surface area contributed by atoms with Crippen LogP contribution in [0.1, 0.15) is 32.6 Å². The molecule has 0 radical (unpaired) electrons. The molecule has 0 aliphatic heterocycles. The molecule has 1 aromatic rings. The van der Waals surface area contributed by atoms with E-state index in [1.54, 1.807) is 12.1 Å². The van der Waals surface area contributed by atoms with Gasteiger partial charge in [0.15, 0.2) is 6.10 Å². The maximum Gasteiger partial charge on any atom is 0.257 e. The van der Waals surface area contributed by atoms with Crippen LogP contribution in [0.5, 0.6) is 0 Å². The number of aliphatic hydroxyl groups excluding tert-OH is 1. The molecular formula is C10H15NO3. The normalized spacial score (nSPS) is 13.7. The van der Waals surface area contributed by atoms with Crippen molar-refractivity contribution in [1.82, 2.24) is 5.32 Å². The monoisotopic (exact) mass is 197 g/mol. The molecular weight excluding hydrogens is 182 g/mol. The zero-order chi connectivity index (χ0) is 10.8. The van der Waals surface area contributed by atoms with Crippen LogP contribution in [-0.4, -0.2) is 16.6 Å². The van der Waals surface area contributed by atoms with Crippen molar-refractivity contribution in [2.24, 2.45) is 0 Å². The van der Waals surface area contributed by atoms with Gasteiger partial charge in [-0.25, -0.2) is 0 Å². The number of hydrogen-bond donors (Lipinski definition) is 2. The SMILES string of the molecule is CC(C)(C)NC(=O)C(O)c1ccco1. The predicted octanol–water partition coefficient (Wildman–Crippen LogP) is 1.23. The highest BCUT2D eigenvalue weighted by Gasteiger charge is 2.23. The summed E-state index contributed by atoms with van der Waals surface area (Å²) in [6, 6.07) is 3.19. The van der Waals surface area contributed by atoms with Gasteiger partial charge in [-0.1, -0.05) is 0 Å². The fraction of sp³-hybridized carbons (Fsp3) is 0.500. The number of carbonyl (C=O) groups is 1. The Morgan fingerprint density at radius 1 is 1.57 bits per heavy atom. The molecule has 1 amide bonds. The maximum atomic E-state index is 11.4. The lowest BCUT2D eigenvalue weighted by molar-refractivity contribution is -0.131. The zero-order valence-corrected chi connectivity index (χ0v) is 8.57. The smallest absolute Gasteiger partial charge is 0.257 e. The number of nitrogens with one attached hydrogen (secondary N) is 1. The topological polar surface area (TPSA) is 62.5 Å². The standard InChI is InChI=1S/C10H15NO3/c1-10(2,3)11-9(13)8(12)7-5-4-6-14-7/h4-6,8,12H,1-3H3,(H,11,13). The van der Waals surface area contributed by atoms with Gasteiger partial charge in [0, 0.05) is 5.54 Å². The molecule has 0 fully saturated rings. The summed E-state index contributed by atoms with van der Waals surface area (Å²) in [6.45, 7) is 5.54. The maximum absolute atomic E-state index is 11.4. The summed E-state index contributed by atoms with van der Waals surface area (Å²) in [5.41, 5.74) is -0.356. The Kier molecular flexibility index (Phi) is 2.96. The molecule has 78 valence electrons. The van der Waals surface area contributed by atoms with Crippen molar-refractivity contribution in [3.05, 3.63) is 24.2 Å². The second-order valence-corrected chi connectivity index (χ2v) is 4.16. The fourth-order valence-electron chi connectivity index (χ4n) is 1.01. The minimum Gasteiger partial charge on any atom is -0.466 e. The Balaban J connectivity index is 2.63. The van der Waals surface area contributed by atoms with Crippen LogP contribution in [0.25, 0.3) is 0 Å². The second-order valence-electron chi connectivity index (χ2n) is 4.16. The van der Waals surface area contributed by atoms with Gasteiger partial charge in [0.1, 0.15) is 5.76 Å². The van der Waals surface area contributed by atoms with E-state index in [-0.39, 0.29) is 11.3 Å². The Labute approximate surface area is 82.9 Å². The molecule has 0 saturated heterocycles. The van der Waals surface area contributed by atoms with Gasteiger partial charge < -0.3 is 14.8 Å². The molecule has 0 spiro atoms. The lowest BCUT2D eigenvalue weighted by atomic mass is 10.1. The molecule has 1 aromatic heterocycles. The molecule has 1 heterocycles. The Bertz CT molecular complexity index is 298. The van der Waals surface area contributed by atoms with E-state index < -0.39 is 12.0 Å². The van der Waals surface area contributed by atoms with Crippen LogP contribution in [0, 0.1) is 0 Å². The molecule has 1 unspecified atom stereocenters. The highest BCUT2D eigenvalue weighted by atomic mass is 16.4. The molecule has 0 saturated carbocycles. The van der Waals surface area contributed by atoms with E-state index >= 15 is 0 Å². The number of carbonyl (C=O) groups excluding carboxylic acids is 1. The summed E-state index contributed by atoms with van der Waals surface area (Å²) in [5, 5.41) is 12.2. The first-order valence-electron chi connectivity index (χ1n) is 4.43. The van der Waals surface area contributed by atoms with Gasteiger partial charge >= 0.3 is 0 Å². The van der Waals surface area contributed by atoms with Crippen molar-refractivity contribution in [2.45, 2.75) is 32.4 Å². The van der Waals surface area contributed by atoms with E-state index in [0.29, 0.717) is 0 Å². The van der Waals surface area contributed by atoms with Crippen molar-refractivity contribution in [3.63, 3.8) is 0 Å². The van der Waals surface area contributed by atoms with Crippen LogP contribution >= 0.6 is 0 Å². The van der Waals surface area contributed by atoms with Gasteiger partial charge in [0.05, 0.1) is 6.26 Å². The van der Waals surface area contributed by atoms with Crippen molar-refractivity contribution in [2.75, 3.05) is 0 Å². The van der Waals surface area contributed by atoms with Crippen LogP contribution in [0.15, 0.2) is 22.8 Å². The molecule has 0 aromatic carbocycles. The number of aliphatic hydroxyl groups is 1. The average Bonchev–Trinajstić information content (AvgIpc) is 2.51. The summed E-state index contributed by atoms with van der Waals surface area (Å²) in [6.07, 6.45) is 0.187. The first-order chi connectivity index (χ1) is 6.40. The van der Waals surface area contributed by atoms with Gasteiger partial charge in [0.2, 0.25) is 0 Å². The third kappa shape index (κ3) is 2.88. The Hall–Kier alpha value is -1.29. The summed E-state index contributed by atoms with van der Waals surface area (Å²) in [5.74, 6) is -0.195. The van der Waals surface area contributed by atoms with Crippen molar-refractivity contribution >= 4 is 5.91 Å². The second kappa shape index (κ2) is 3.84. The quantitative estimate of drug-likeness (QED) is 0.749. The number of amides is 1. The Morgan fingerprint density at radius 3 is 2.64 bits per heavy atom. The van der Waals surface area contributed by atoms with Crippen LogP contribution in [0.4, 0.5) is 0 Å². The summed E-state index contributed by atoms with van der Waals surface area (Å²) >= 11 is 0. The van der Waals surface area contributed by atoms with Gasteiger partial charge in [0.25, 0.3) is 5.91 Å². The number of furan rings is 1. The fourth-order valence-corrected chi connectivity index (χ4v) is 1.01. The predicted molar refractivity (Wildman–Crippen MR) is 51.6 cm³/mol. The third-order valence-corrected chi connectivity index (χ3v) is 1.56. The van der Waals surface area contributed by atoms with Gasteiger partial charge in [-0.15, -0.1) is 0 Å². The molecule has 4 heteroatoms. The molecule has 14 heavy (non-hydrogen) atoms. The highest BCUT2D eigenvalue weighted by Crippen LogP contribution is 2.14. The minimum atomic E-state index is -1.23. The average molecular weight is 197 g/mol. The van der Waals surface area contributed by atoms with E-state index in [1.807, 2.05) is 20.8 Å². The Morgan fingerprint density at radius 2 is 2.21 bits per heavy atom. The summed E-state index contributed by atoms with van der Waals surface area (Å²) in [7, 11) is 0. The molecule has 0 bridgehead atoms. The van der Waals surface area contributed by atoms with Crippen molar-refractivity contribution in [1.29, 1.82) is 0 Å². The molecule has 2 N–H and O–H groups in total. The van der Waals surface area contributed by atoms with E-state index in [0.717, 1.165) is 0 Å². The van der Waals surface area contributed by atoms with E-state index in [4.69, 9.17) is 4.42 Å². The number of hydrogen-bond acceptors (Lipinski definition) is 3. The highest BCUT2D eigenvalue weighted by molar-refractivity contribution is 5.81. The van der Waals surface area contributed by atoms with Crippen LogP contribution in [0.2, 0.25) is 0 Å². The van der Waals surface area contributed by atoms with Gasteiger partial charge in [-0.3, -0.25) is 4.79 Å². The molecule has 1 atom stereocenters. The van der Waals surface area contributed by atoms with Gasteiger partial charge in [-0.05, 0) is 32.9 Å². The third-order valence-electron chi connectivity index (χ3n) is 1.56. The number of rotatable bonds is 2. The van der Waals surface area contributed by atoms with Gasteiger partial charge in [-0.2, -0.15) is 0 Å². The largest absolute Gasteiger partial charge is 0.466 e. The molecule has 1 rings (SSSR count). The summed E-state index contributed by atoms with van der Waals surface area (Å²) < 4.78 is 4.92. The van der Waals surface area contributed by atoms with Crippen LogP contribution < -0.4 is 5.32 Å². The van der Waals surface area contributed by atoms with Crippen LogP contribution in [-0.2, 0) is 4.79 Å². The zero-order valence-electron chi connectivity index (χ0n) is 8.57. The van der Waals surface area contributed by atoms with Crippen molar-refractivity contribution < 1.29 is 14.3 Å². The lowest BCUT2D eigenvalue weighted by Gasteiger charge is -2.21. The summed E-state index contributed by atoms with van der Waals surface area (Å²) in [4.78, 5) is 11.4. The van der Waals surface area contributed by atoms with E-state index in [1.165, 1.54) is 6.26 Å². The van der Waals surface area contributed by atoms with Crippen LogP contribution in [0.3, 0.4) is 0 Å².